The van der Waals surface area contributed by atoms with Crippen LogP contribution in [0.25, 0.3) is 0 Å². The summed E-state index contributed by atoms with van der Waals surface area (Å²) in [5.41, 5.74) is 0. The van der Waals surface area contributed by atoms with Crippen LogP contribution in [0, 0.1) is 0 Å². The van der Waals surface area contributed by atoms with Gasteiger partial charge in [0.1, 0.15) is 36.6 Å². The van der Waals surface area contributed by atoms with Crippen molar-refractivity contribution in [1.29, 1.82) is 0 Å². The van der Waals surface area contributed by atoms with Crippen LogP contribution in [0.2, 0.25) is 0 Å². The van der Waals surface area contributed by atoms with Gasteiger partial charge in [-0.2, -0.15) is 0 Å². The molecule has 13 nitrogen and oxygen atoms in total. The van der Waals surface area contributed by atoms with Crippen LogP contribution in [0.1, 0.15) is 6.42 Å². The zero-order chi connectivity index (χ0) is 19.3. The van der Waals surface area contributed by atoms with Crippen molar-refractivity contribution in [3.05, 3.63) is 0 Å². The summed E-state index contributed by atoms with van der Waals surface area (Å²) in [5.74, 6) is -1.83. The van der Waals surface area contributed by atoms with Gasteiger partial charge in [-0.1, -0.05) is 0 Å². The van der Waals surface area contributed by atoms with Gasteiger partial charge in [-0.15, -0.1) is 0 Å². The third kappa shape index (κ3) is 7.41. The predicted octanol–water partition coefficient (Wildman–Crippen LogP) is -6.48. The molecule has 9 atom stereocenters. The van der Waals surface area contributed by atoms with Crippen molar-refractivity contribution >= 4 is 35.5 Å². The fourth-order valence-corrected chi connectivity index (χ4v) is 2.38. The minimum absolute atomic E-state index is 0. The molecule has 1 saturated heterocycles. The van der Waals surface area contributed by atoms with E-state index < -0.39 is 74.3 Å². The summed E-state index contributed by atoms with van der Waals surface area (Å²) in [6.45, 7) is -1.41. The van der Waals surface area contributed by atoms with Crippen molar-refractivity contribution < 1.29 is 65.7 Å². The van der Waals surface area contributed by atoms with Crippen LogP contribution >= 0.6 is 0 Å². The van der Waals surface area contributed by atoms with Crippen molar-refractivity contribution in [3.63, 3.8) is 0 Å². The van der Waals surface area contributed by atoms with Gasteiger partial charge in [-0.05, 0) is 6.42 Å². The second kappa shape index (κ2) is 13.3. The molecule has 11 N–H and O–H groups in total. The molecule has 0 saturated carbocycles. The molecule has 0 aromatic heterocycles. The molecule has 0 amide bonds. The fraction of sp³-hybridized carbons (Fsp3) is 0.923. The van der Waals surface area contributed by atoms with Crippen LogP contribution < -0.4 is 0 Å². The molecule has 157 valence electrons. The summed E-state index contributed by atoms with van der Waals surface area (Å²) in [7, 11) is 0. The van der Waals surface area contributed by atoms with E-state index in [-0.39, 0.29) is 41.5 Å². The molecule has 0 aromatic rings. The predicted molar refractivity (Wildman–Crippen MR) is 85.4 cm³/mol. The topological polar surface area (TPSA) is 249 Å². The Labute approximate surface area is 176 Å². The second-order valence-corrected chi connectivity index (χ2v) is 5.65. The van der Waals surface area contributed by atoms with E-state index >= 15 is 0 Å². The largest absolute Gasteiger partial charge is 0.479 e. The van der Waals surface area contributed by atoms with Gasteiger partial charge in [0.25, 0.3) is 0 Å². The standard InChI is InChI=1S/C13H24O12.Na.H2O/c14-2-1-5-6(17)7(18)10(21)13(24-5)25-11(4(16)3-15)8(19)9(20)12(22)23;;/h4-11,13-21H,1-3H2,(H,22,23);;1H2/t4-,5-,6+,7+,8-,9-,10-,11-,13+;;/m1../s1. The van der Waals surface area contributed by atoms with Crippen LogP contribution in [0.3, 0.4) is 0 Å². The Bertz CT molecular complexity index is 427. The third-order valence-corrected chi connectivity index (χ3v) is 3.85. The minimum atomic E-state index is -2.38. The summed E-state index contributed by atoms with van der Waals surface area (Å²) in [5, 5.41) is 85.0. The van der Waals surface area contributed by atoms with E-state index in [9.17, 15) is 35.4 Å². The van der Waals surface area contributed by atoms with Gasteiger partial charge in [0, 0.05) is 36.2 Å². The van der Waals surface area contributed by atoms with E-state index in [0.29, 0.717) is 0 Å². The van der Waals surface area contributed by atoms with Gasteiger partial charge >= 0.3 is 5.97 Å². The molecule has 1 rings (SSSR count). The number of carbonyl (C=O) groups is 1. The Kier molecular flexibility index (Phi) is 14.4. The number of aliphatic carboxylic acids is 1. The van der Waals surface area contributed by atoms with E-state index in [2.05, 4.69) is 0 Å². The first kappa shape index (κ1) is 29.2. The summed E-state index contributed by atoms with van der Waals surface area (Å²) >= 11 is 0. The van der Waals surface area contributed by atoms with Gasteiger partial charge in [-0.3, -0.25) is 0 Å². The molecule has 0 aliphatic carbocycles. The number of hydrogen-bond acceptors (Lipinski definition) is 11. The molecule has 1 aliphatic heterocycles. The van der Waals surface area contributed by atoms with Crippen molar-refractivity contribution in [2.75, 3.05) is 13.2 Å². The number of carboxylic acid groups (broad SMARTS) is 1. The maximum atomic E-state index is 10.8. The molecule has 27 heavy (non-hydrogen) atoms. The van der Waals surface area contributed by atoms with Crippen molar-refractivity contribution in [2.45, 2.75) is 61.5 Å². The van der Waals surface area contributed by atoms with Gasteiger partial charge in [0.05, 0.1) is 12.7 Å². The number of rotatable bonds is 9. The van der Waals surface area contributed by atoms with E-state index in [0.717, 1.165) is 0 Å². The number of ether oxygens (including phenoxy) is 2. The fourth-order valence-electron chi connectivity index (χ4n) is 2.38. The number of hydrogen-bond donors (Lipinski definition) is 9. The van der Waals surface area contributed by atoms with Crippen molar-refractivity contribution in [1.82, 2.24) is 0 Å². The van der Waals surface area contributed by atoms with Crippen LogP contribution in [0.5, 0.6) is 0 Å². The summed E-state index contributed by atoms with van der Waals surface area (Å²) in [6, 6.07) is 0. The van der Waals surface area contributed by atoms with Crippen molar-refractivity contribution in [2.24, 2.45) is 0 Å². The molecule has 1 heterocycles. The molecule has 0 bridgehead atoms. The third-order valence-electron chi connectivity index (χ3n) is 3.85. The van der Waals surface area contributed by atoms with Gasteiger partial charge in [0.15, 0.2) is 12.4 Å². The second-order valence-electron chi connectivity index (χ2n) is 5.65. The summed E-state index contributed by atoms with van der Waals surface area (Å²) in [6.07, 6.45) is -16.6. The quantitative estimate of drug-likeness (QED) is 0.160. The Morgan fingerprint density at radius 3 is 2.04 bits per heavy atom. The Morgan fingerprint density at radius 1 is 1.04 bits per heavy atom. The monoisotopic (exact) mass is 413 g/mol. The molecule has 14 heteroatoms. The Morgan fingerprint density at radius 2 is 1.59 bits per heavy atom. The molecule has 1 radical (unpaired) electrons. The SMILES string of the molecule is O.O=C(O)[C@H](O)[C@@H](O)[C@H](O[C@@H]1O[C@H](CCO)[C@H](O)[C@H](O)[C@H]1O)[C@H](O)CO.[Na]. The zero-order valence-electron chi connectivity index (χ0n) is 14.6. The normalized spacial score (nSPS) is 32.4. The first-order chi connectivity index (χ1) is 11.6. The number of aliphatic hydroxyl groups excluding tert-OH is 8. The Balaban J connectivity index is 0. The Hall–Kier alpha value is 0.0300. The maximum Gasteiger partial charge on any atom is 0.335 e. The average molecular weight is 413 g/mol. The molecule has 0 unspecified atom stereocenters. The maximum absolute atomic E-state index is 10.8. The molecule has 0 aromatic carbocycles. The zero-order valence-corrected chi connectivity index (χ0v) is 16.6. The van der Waals surface area contributed by atoms with E-state index in [1.165, 1.54) is 0 Å². The first-order valence-corrected chi connectivity index (χ1v) is 7.49. The van der Waals surface area contributed by atoms with Gasteiger partial charge in [0.2, 0.25) is 0 Å². The van der Waals surface area contributed by atoms with Crippen LogP contribution in [-0.2, 0) is 14.3 Å². The van der Waals surface area contributed by atoms with Crippen LogP contribution in [0.4, 0.5) is 0 Å². The molecule has 1 aliphatic rings. The van der Waals surface area contributed by atoms with Gasteiger partial charge in [-0.25, -0.2) is 4.79 Å². The van der Waals surface area contributed by atoms with E-state index in [1.807, 2.05) is 0 Å². The number of aliphatic hydroxyl groups is 8. The average Bonchev–Trinajstić information content (AvgIpc) is 2.59. The van der Waals surface area contributed by atoms with E-state index in [1.54, 1.807) is 0 Å². The molecular weight excluding hydrogens is 387 g/mol. The number of carboxylic acids is 1. The van der Waals surface area contributed by atoms with E-state index in [4.69, 9.17) is 24.8 Å². The van der Waals surface area contributed by atoms with Crippen LogP contribution in [-0.4, -0.2) is 155 Å². The molecule has 1 fully saturated rings. The smallest absolute Gasteiger partial charge is 0.335 e. The van der Waals surface area contributed by atoms with Crippen molar-refractivity contribution in [3.8, 4) is 0 Å². The summed E-state index contributed by atoms with van der Waals surface area (Å²) in [4.78, 5) is 10.8. The van der Waals surface area contributed by atoms with Crippen LogP contribution in [0.15, 0.2) is 0 Å². The van der Waals surface area contributed by atoms with Gasteiger partial charge < -0.3 is 60.9 Å². The summed E-state index contributed by atoms with van der Waals surface area (Å²) < 4.78 is 10.2. The molecular formula is C13H26NaO13. The molecule has 0 spiro atoms. The first-order valence-electron chi connectivity index (χ1n) is 7.49. The minimum Gasteiger partial charge on any atom is -0.479 e.